The van der Waals surface area contributed by atoms with Gasteiger partial charge in [-0.25, -0.2) is 0 Å². The van der Waals surface area contributed by atoms with Gasteiger partial charge in [-0.1, -0.05) is 142 Å². The molecule has 2 fully saturated rings. The second kappa shape index (κ2) is 31.2. The van der Waals surface area contributed by atoms with Crippen molar-refractivity contribution in [2.45, 2.75) is 236 Å². The third-order valence-electron chi connectivity index (χ3n) is 11.1. The first-order valence-electron chi connectivity index (χ1n) is 22.6. The molecule has 0 amide bonds. The first kappa shape index (κ1) is 51.5. The number of aliphatic hydroxyl groups excluding tert-OH is 6. The maximum Gasteiger partial charge on any atom is 0.306 e. The molecule has 13 nitrogen and oxygen atoms in total. The quantitative estimate of drug-likeness (QED) is 0.0236. The van der Waals surface area contributed by atoms with E-state index < -0.39 is 86.6 Å². The predicted octanol–water partition coefficient (Wildman–Crippen LogP) is 6.44. The van der Waals surface area contributed by atoms with Gasteiger partial charge in [0.2, 0.25) is 5.79 Å². The van der Waals surface area contributed by atoms with Gasteiger partial charge < -0.3 is 54.3 Å². The van der Waals surface area contributed by atoms with Gasteiger partial charge in [-0.2, -0.15) is 0 Å². The first-order chi connectivity index (χ1) is 27.6. The van der Waals surface area contributed by atoms with Gasteiger partial charge in [0.1, 0.15) is 43.2 Å². The number of hydrogen-bond donors (Lipinski definition) is 6. The van der Waals surface area contributed by atoms with Crippen LogP contribution < -0.4 is 0 Å². The van der Waals surface area contributed by atoms with Crippen LogP contribution in [0.25, 0.3) is 0 Å². The maximum atomic E-state index is 13.2. The van der Waals surface area contributed by atoms with Crippen LogP contribution in [0.1, 0.15) is 181 Å². The molecule has 0 unspecified atom stereocenters. The Morgan fingerprint density at radius 2 is 1.02 bits per heavy atom. The van der Waals surface area contributed by atoms with Crippen LogP contribution in [0.5, 0.6) is 0 Å². The lowest BCUT2D eigenvalue weighted by molar-refractivity contribution is -0.384. The SMILES string of the molecule is CCCCCCCC/C=C\CCCCCCCC(=O)O[C@H]1[C@H](O)[C@@H](CO)O[C@@]1(COC(=O)CCCCCCCCCCCCC)O[C@H]1O[C@H](CO)[C@@H](O)[C@H](O)[C@H]1O. The summed E-state index contributed by atoms with van der Waals surface area (Å²) in [7, 11) is 0. The smallest absolute Gasteiger partial charge is 0.306 e. The minimum atomic E-state index is -2.27. The molecule has 2 aliphatic heterocycles. The zero-order valence-electron chi connectivity index (χ0n) is 35.3. The Kier molecular flexibility index (Phi) is 28.2. The van der Waals surface area contributed by atoms with E-state index in [1.54, 1.807) is 0 Å². The van der Waals surface area contributed by atoms with Gasteiger partial charge in [-0.15, -0.1) is 0 Å². The number of esters is 2. The van der Waals surface area contributed by atoms with Crippen LogP contribution in [0.2, 0.25) is 0 Å². The van der Waals surface area contributed by atoms with Gasteiger partial charge in [-0.3, -0.25) is 9.59 Å². The van der Waals surface area contributed by atoms with E-state index in [1.165, 1.54) is 77.0 Å². The predicted molar refractivity (Wildman–Crippen MR) is 217 cm³/mol. The van der Waals surface area contributed by atoms with Crippen LogP contribution in [-0.4, -0.2) is 117 Å². The number of allylic oxidation sites excluding steroid dienone is 2. The van der Waals surface area contributed by atoms with E-state index in [1.807, 2.05) is 0 Å². The minimum absolute atomic E-state index is 0.0277. The molecule has 2 heterocycles. The molecule has 0 spiro atoms. The van der Waals surface area contributed by atoms with E-state index in [2.05, 4.69) is 26.0 Å². The molecule has 0 bridgehead atoms. The molecule has 334 valence electrons. The van der Waals surface area contributed by atoms with E-state index in [4.69, 9.17) is 23.7 Å². The van der Waals surface area contributed by atoms with Gasteiger partial charge in [0.05, 0.1) is 13.2 Å². The number of ether oxygens (including phenoxy) is 5. The fourth-order valence-electron chi connectivity index (χ4n) is 7.49. The Bertz CT molecular complexity index is 1060. The van der Waals surface area contributed by atoms with Crippen LogP contribution in [0.3, 0.4) is 0 Å². The lowest BCUT2D eigenvalue weighted by atomic mass is 9.99. The molecule has 0 aliphatic carbocycles. The molecule has 6 N–H and O–H groups in total. The highest BCUT2D eigenvalue weighted by atomic mass is 16.8. The van der Waals surface area contributed by atoms with E-state index in [-0.39, 0.29) is 12.8 Å². The summed E-state index contributed by atoms with van der Waals surface area (Å²) in [6.07, 6.45) is 18.2. The number of carbonyl (C=O) groups is 2. The van der Waals surface area contributed by atoms with Gasteiger partial charge >= 0.3 is 11.9 Å². The molecule has 0 radical (unpaired) electrons. The number of rotatable bonds is 34. The van der Waals surface area contributed by atoms with Crippen molar-refractivity contribution in [2.75, 3.05) is 19.8 Å². The van der Waals surface area contributed by atoms with Crippen molar-refractivity contribution in [2.24, 2.45) is 0 Å². The first-order valence-corrected chi connectivity index (χ1v) is 22.6. The zero-order chi connectivity index (χ0) is 41.7. The summed E-state index contributed by atoms with van der Waals surface area (Å²) in [5.74, 6) is -3.54. The standard InChI is InChI=1S/C44H80O13/c1-3-5-7-9-11-13-15-16-17-18-20-22-24-26-28-30-37(48)55-42-39(50)35(32-46)56-44(42,57-43-41(52)40(51)38(49)34(31-45)54-43)33-53-36(47)29-27-25-23-21-19-14-12-10-8-6-4-2/h16-17,34-35,38-43,45-46,49-52H,3-15,18-33H2,1-2H3/b17-16-/t34-,35-,38-,39-,40+,41-,42+,43-,44+/m1/s1. The summed E-state index contributed by atoms with van der Waals surface area (Å²) in [6.45, 7) is 2.28. The number of carbonyl (C=O) groups excluding carboxylic acids is 2. The summed E-state index contributed by atoms with van der Waals surface area (Å²) in [6, 6.07) is 0. The highest BCUT2D eigenvalue weighted by molar-refractivity contribution is 5.70. The van der Waals surface area contributed by atoms with E-state index in [0.717, 1.165) is 64.2 Å². The summed E-state index contributed by atoms with van der Waals surface area (Å²) < 4.78 is 28.8. The molecule has 0 aromatic rings. The van der Waals surface area contributed by atoms with Crippen molar-refractivity contribution in [3.63, 3.8) is 0 Å². The van der Waals surface area contributed by atoms with Gasteiger partial charge in [-0.05, 0) is 38.5 Å². The fourth-order valence-corrected chi connectivity index (χ4v) is 7.49. The number of unbranched alkanes of at least 4 members (excludes halogenated alkanes) is 21. The molecule has 2 aliphatic rings. The van der Waals surface area contributed by atoms with Gasteiger partial charge in [0.25, 0.3) is 0 Å². The lowest BCUT2D eigenvalue weighted by Crippen LogP contribution is -2.63. The average Bonchev–Trinajstić information content (AvgIpc) is 3.46. The maximum absolute atomic E-state index is 13.2. The molecule has 57 heavy (non-hydrogen) atoms. The van der Waals surface area contributed by atoms with Crippen LogP contribution in [-0.2, 0) is 33.3 Å². The fraction of sp³-hybridized carbons (Fsp3) is 0.909. The molecule has 9 atom stereocenters. The van der Waals surface area contributed by atoms with Gasteiger partial charge in [0, 0.05) is 12.8 Å². The minimum Gasteiger partial charge on any atom is -0.460 e. The third kappa shape index (κ3) is 20.0. The molecule has 0 aromatic carbocycles. The lowest BCUT2D eigenvalue weighted by Gasteiger charge is -2.43. The van der Waals surface area contributed by atoms with Crippen molar-refractivity contribution in [1.82, 2.24) is 0 Å². The largest absolute Gasteiger partial charge is 0.460 e. The molecule has 13 heteroatoms. The molecule has 2 saturated heterocycles. The molecular formula is C44H80O13. The van der Waals surface area contributed by atoms with E-state index >= 15 is 0 Å². The molecule has 0 saturated carbocycles. The van der Waals surface area contributed by atoms with Crippen LogP contribution in [0.4, 0.5) is 0 Å². The monoisotopic (exact) mass is 817 g/mol. The highest BCUT2D eigenvalue weighted by Gasteiger charge is 2.61. The van der Waals surface area contributed by atoms with E-state index in [0.29, 0.717) is 12.8 Å². The zero-order valence-corrected chi connectivity index (χ0v) is 35.3. The van der Waals surface area contributed by atoms with Gasteiger partial charge in [0.15, 0.2) is 12.4 Å². The third-order valence-corrected chi connectivity index (χ3v) is 11.1. The van der Waals surface area contributed by atoms with Crippen LogP contribution >= 0.6 is 0 Å². The van der Waals surface area contributed by atoms with Crippen molar-refractivity contribution in [3.05, 3.63) is 12.2 Å². The number of hydrogen-bond acceptors (Lipinski definition) is 13. The molecule has 2 rings (SSSR count). The average molecular weight is 817 g/mol. The Balaban J connectivity index is 1.93. The highest BCUT2D eigenvalue weighted by Crippen LogP contribution is 2.39. The Morgan fingerprint density at radius 1 is 0.561 bits per heavy atom. The van der Waals surface area contributed by atoms with E-state index in [9.17, 15) is 40.2 Å². The van der Waals surface area contributed by atoms with Crippen molar-refractivity contribution >= 4 is 11.9 Å². The Labute approximate surface area is 342 Å². The Hall–Kier alpha value is -1.68. The second-order valence-electron chi connectivity index (χ2n) is 16.1. The summed E-state index contributed by atoms with van der Waals surface area (Å²) in [4.78, 5) is 26.1. The molecular weight excluding hydrogens is 736 g/mol. The molecule has 0 aromatic heterocycles. The topological polar surface area (TPSA) is 202 Å². The van der Waals surface area contributed by atoms with Crippen LogP contribution in [0.15, 0.2) is 12.2 Å². The second-order valence-corrected chi connectivity index (χ2v) is 16.1. The normalized spacial score (nSPS) is 27.6. The number of aliphatic hydroxyl groups is 6. The van der Waals surface area contributed by atoms with Crippen LogP contribution in [0, 0.1) is 0 Å². The Morgan fingerprint density at radius 3 is 1.51 bits per heavy atom. The summed E-state index contributed by atoms with van der Waals surface area (Å²) in [5, 5.41) is 62.5. The van der Waals surface area contributed by atoms with Crippen molar-refractivity contribution in [3.8, 4) is 0 Å². The summed E-state index contributed by atoms with van der Waals surface area (Å²) in [5.41, 5.74) is 0. The van der Waals surface area contributed by atoms with Crippen molar-refractivity contribution in [1.29, 1.82) is 0 Å². The summed E-state index contributed by atoms with van der Waals surface area (Å²) >= 11 is 0. The van der Waals surface area contributed by atoms with Crippen molar-refractivity contribution < 1.29 is 63.9 Å².